The maximum absolute atomic E-state index is 12.0. The average molecular weight is 356 g/mol. The zero-order valence-electron chi connectivity index (χ0n) is 14.1. The number of benzene rings is 1. The maximum atomic E-state index is 12.0. The molecule has 130 valence electrons. The number of amides is 1. The summed E-state index contributed by atoms with van der Waals surface area (Å²) in [5, 5.41) is 12.8. The minimum atomic E-state index is 0.0289. The third-order valence-electron chi connectivity index (χ3n) is 4.62. The normalized spacial score (nSPS) is 15.1. The molecule has 0 spiro atoms. The first-order valence-corrected chi connectivity index (χ1v) is 9.50. The summed E-state index contributed by atoms with van der Waals surface area (Å²) in [5.74, 6) is 0.798. The van der Waals surface area contributed by atoms with E-state index in [-0.39, 0.29) is 5.91 Å². The minimum Gasteiger partial charge on any atom is -0.410 e. The number of nitrogens with one attached hydrogen (secondary N) is 1. The highest BCUT2D eigenvalue weighted by molar-refractivity contribution is 7.99. The second-order valence-electron chi connectivity index (χ2n) is 6.36. The van der Waals surface area contributed by atoms with Gasteiger partial charge in [-0.2, -0.15) is 0 Å². The molecule has 1 fully saturated rings. The van der Waals surface area contributed by atoms with Crippen molar-refractivity contribution in [3.05, 3.63) is 30.3 Å². The Balaban J connectivity index is 1.42. The molecule has 7 heteroatoms. The van der Waals surface area contributed by atoms with E-state index in [1.807, 2.05) is 29.8 Å². The maximum Gasteiger partial charge on any atom is 0.277 e. The van der Waals surface area contributed by atoms with E-state index in [0.29, 0.717) is 22.9 Å². The van der Waals surface area contributed by atoms with Gasteiger partial charge in [-0.15, -0.1) is 10.2 Å². The van der Waals surface area contributed by atoms with E-state index in [0.717, 1.165) is 29.4 Å². The first-order valence-electron chi connectivity index (χ1n) is 8.51. The van der Waals surface area contributed by atoms with E-state index in [9.17, 15) is 4.79 Å². The molecule has 1 aliphatic rings. The highest BCUT2D eigenvalue weighted by Gasteiger charge is 2.19. The van der Waals surface area contributed by atoms with Crippen LogP contribution in [-0.4, -0.2) is 32.5 Å². The van der Waals surface area contributed by atoms with Gasteiger partial charge in [0.1, 0.15) is 5.69 Å². The van der Waals surface area contributed by atoms with Gasteiger partial charge in [0, 0.05) is 24.0 Å². The number of hydrogen-bond acceptors (Lipinski definition) is 5. The topological polar surface area (TPSA) is 73.0 Å². The van der Waals surface area contributed by atoms with Gasteiger partial charge in [0.25, 0.3) is 11.1 Å². The lowest BCUT2D eigenvalue weighted by Crippen LogP contribution is -2.33. The van der Waals surface area contributed by atoms with Gasteiger partial charge in [-0.1, -0.05) is 42.8 Å². The van der Waals surface area contributed by atoms with E-state index in [2.05, 4.69) is 27.6 Å². The Morgan fingerprint density at radius 3 is 2.92 bits per heavy atom. The lowest BCUT2D eigenvalue weighted by atomic mass is 10.2. The van der Waals surface area contributed by atoms with Crippen LogP contribution < -0.4 is 5.32 Å². The fourth-order valence-electron chi connectivity index (χ4n) is 3.33. The zero-order chi connectivity index (χ0) is 17.2. The van der Waals surface area contributed by atoms with Crippen LogP contribution >= 0.6 is 11.8 Å². The molecule has 2 heterocycles. The molecule has 25 heavy (non-hydrogen) atoms. The first-order chi connectivity index (χ1) is 12.2. The molecule has 6 nitrogen and oxygen atoms in total. The summed E-state index contributed by atoms with van der Waals surface area (Å²) in [4.78, 5) is 12.0. The molecular weight excluding hydrogens is 336 g/mol. The molecule has 0 radical (unpaired) electrons. The number of aromatic nitrogens is 3. The molecule has 0 saturated heterocycles. The van der Waals surface area contributed by atoms with Crippen molar-refractivity contribution >= 4 is 28.6 Å². The van der Waals surface area contributed by atoms with Crippen LogP contribution in [0.4, 0.5) is 0 Å². The van der Waals surface area contributed by atoms with Crippen LogP contribution in [0.2, 0.25) is 0 Å². The molecule has 0 atom stereocenters. The van der Waals surface area contributed by atoms with Gasteiger partial charge < -0.3 is 14.3 Å². The molecule has 0 unspecified atom stereocenters. The number of para-hydroxylation sites is 1. The molecule has 1 aliphatic carbocycles. The fraction of sp³-hybridized carbons (Fsp3) is 0.389. The number of rotatable bonds is 5. The zero-order valence-corrected chi connectivity index (χ0v) is 14.9. The van der Waals surface area contributed by atoms with Crippen molar-refractivity contribution in [3.63, 3.8) is 0 Å². The summed E-state index contributed by atoms with van der Waals surface area (Å²) in [6.45, 7) is 0. The van der Waals surface area contributed by atoms with Crippen LogP contribution in [0.15, 0.2) is 40.0 Å². The summed E-state index contributed by atoms with van der Waals surface area (Å²) < 4.78 is 7.77. The van der Waals surface area contributed by atoms with Crippen LogP contribution in [0, 0.1) is 0 Å². The SMILES string of the molecule is Cn1c(-c2nnc(SCC(=O)NC3CCCC3)o2)cc2ccccc21. The van der Waals surface area contributed by atoms with Crippen molar-refractivity contribution in [3.8, 4) is 11.6 Å². The average Bonchev–Trinajstić information content (AvgIpc) is 3.34. The van der Waals surface area contributed by atoms with Gasteiger partial charge >= 0.3 is 0 Å². The number of thioether (sulfide) groups is 1. The standard InChI is InChI=1S/C18H20N4O2S/c1-22-14-9-5-2-6-12(14)10-15(22)17-20-21-18(24-17)25-11-16(23)19-13-7-3-4-8-13/h2,5-6,9-10,13H,3-4,7-8,11H2,1H3,(H,19,23). The van der Waals surface area contributed by atoms with Crippen molar-refractivity contribution in [2.24, 2.45) is 7.05 Å². The first kappa shape index (κ1) is 16.2. The van der Waals surface area contributed by atoms with Gasteiger partial charge in [-0.25, -0.2) is 0 Å². The molecular formula is C18H20N4O2S. The van der Waals surface area contributed by atoms with Crippen LogP contribution in [0.25, 0.3) is 22.5 Å². The van der Waals surface area contributed by atoms with Gasteiger partial charge in [0.15, 0.2) is 0 Å². The Morgan fingerprint density at radius 1 is 1.32 bits per heavy atom. The quantitative estimate of drug-likeness (QED) is 0.710. The van der Waals surface area contributed by atoms with Crippen LogP contribution in [0.5, 0.6) is 0 Å². The summed E-state index contributed by atoms with van der Waals surface area (Å²) in [7, 11) is 1.98. The highest BCUT2D eigenvalue weighted by Crippen LogP contribution is 2.28. The number of carbonyl (C=O) groups excluding carboxylic acids is 1. The molecule has 1 amide bonds. The van der Waals surface area contributed by atoms with Gasteiger partial charge in [0.05, 0.1) is 5.75 Å². The Bertz CT molecular complexity index is 896. The number of fused-ring (bicyclic) bond motifs is 1. The Morgan fingerprint density at radius 2 is 2.12 bits per heavy atom. The van der Waals surface area contributed by atoms with Gasteiger partial charge in [-0.05, 0) is 25.0 Å². The molecule has 3 aromatic rings. The van der Waals surface area contributed by atoms with E-state index < -0.39 is 0 Å². The minimum absolute atomic E-state index is 0.0289. The van der Waals surface area contributed by atoms with Crippen LogP contribution in [0.3, 0.4) is 0 Å². The van der Waals surface area contributed by atoms with E-state index in [4.69, 9.17) is 4.42 Å². The summed E-state index contributed by atoms with van der Waals surface area (Å²) in [5.41, 5.74) is 1.98. The summed E-state index contributed by atoms with van der Waals surface area (Å²) >= 11 is 1.28. The Hall–Kier alpha value is -2.28. The largest absolute Gasteiger partial charge is 0.410 e. The summed E-state index contributed by atoms with van der Waals surface area (Å²) in [6, 6.07) is 10.5. The van der Waals surface area contributed by atoms with Gasteiger partial charge in [0.2, 0.25) is 5.91 Å². The van der Waals surface area contributed by atoms with E-state index >= 15 is 0 Å². The number of hydrogen-bond donors (Lipinski definition) is 1. The molecule has 2 aromatic heterocycles. The number of carbonyl (C=O) groups is 1. The lowest BCUT2D eigenvalue weighted by molar-refractivity contribution is -0.119. The third-order valence-corrected chi connectivity index (χ3v) is 5.44. The monoisotopic (exact) mass is 356 g/mol. The van der Waals surface area contributed by atoms with Gasteiger partial charge in [-0.3, -0.25) is 4.79 Å². The van der Waals surface area contributed by atoms with Crippen molar-refractivity contribution < 1.29 is 9.21 Å². The van der Waals surface area contributed by atoms with Crippen LogP contribution in [-0.2, 0) is 11.8 Å². The lowest BCUT2D eigenvalue weighted by Gasteiger charge is -2.10. The second kappa shape index (κ2) is 6.92. The highest BCUT2D eigenvalue weighted by atomic mass is 32.2. The number of aryl methyl sites for hydroxylation is 1. The van der Waals surface area contributed by atoms with Crippen molar-refractivity contribution in [2.75, 3.05) is 5.75 Å². The molecule has 1 N–H and O–H groups in total. The van der Waals surface area contributed by atoms with Crippen molar-refractivity contribution in [1.82, 2.24) is 20.1 Å². The third kappa shape index (κ3) is 3.42. The van der Waals surface area contributed by atoms with Crippen molar-refractivity contribution in [2.45, 2.75) is 36.9 Å². The molecule has 1 saturated carbocycles. The van der Waals surface area contributed by atoms with E-state index in [1.54, 1.807) is 0 Å². The van der Waals surface area contributed by atoms with E-state index in [1.165, 1.54) is 24.6 Å². The fourth-order valence-corrected chi connectivity index (χ4v) is 3.91. The number of nitrogens with zero attached hydrogens (tertiary/aromatic N) is 3. The smallest absolute Gasteiger partial charge is 0.277 e. The Labute approximate surface area is 150 Å². The molecule has 0 bridgehead atoms. The predicted octanol–water partition coefficient (Wildman–Crippen LogP) is 3.38. The summed E-state index contributed by atoms with van der Waals surface area (Å²) in [6.07, 6.45) is 4.58. The van der Waals surface area contributed by atoms with Crippen molar-refractivity contribution in [1.29, 1.82) is 0 Å². The molecule has 0 aliphatic heterocycles. The van der Waals surface area contributed by atoms with Crippen LogP contribution in [0.1, 0.15) is 25.7 Å². The second-order valence-corrected chi connectivity index (χ2v) is 7.28. The Kier molecular flexibility index (Phi) is 4.48. The molecule has 1 aromatic carbocycles. The predicted molar refractivity (Wildman–Crippen MR) is 97.3 cm³/mol. The molecule has 4 rings (SSSR count).